The van der Waals surface area contributed by atoms with Gasteiger partial charge in [-0.3, -0.25) is 15.0 Å². The van der Waals surface area contributed by atoms with Crippen molar-refractivity contribution < 1.29 is 9.59 Å². The van der Waals surface area contributed by atoms with Crippen molar-refractivity contribution in [1.29, 1.82) is 5.41 Å². The highest BCUT2D eigenvalue weighted by Crippen LogP contribution is 2.22. The van der Waals surface area contributed by atoms with Gasteiger partial charge in [0.25, 0.3) is 5.91 Å². The summed E-state index contributed by atoms with van der Waals surface area (Å²) in [5, 5.41) is 9.16. The lowest BCUT2D eigenvalue weighted by molar-refractivity contribution is 0.0996. The fraction of sp³-hybridized carbons (Fsp3) is 0.462. The third-order valence-electron chi connectivity index (χ3n) is 3.56. The number of nitrogens with one attached hydrogen (secondary N) is 1. The minimum Gasteiger partial charge on any atom is -0.370 e. The number of nitrogens with two attached hydrogens (primary N) is 2. The van der Waals surface area contributed by atoms with Crippen molar-refractivity contribution in [1.82, 2.24) is 9.88 Å². The number of thiazole rings is 1. The average Bonchev–Trinajstić information content (AvgIpc) is 2.95. The van der Waals surface area contributed by atoms with Crippen molar-refractivity contribution in [3.05, 3.63) is 22.5 Å². The molecule has 5 N–H and O–H groups in total. The summed E-state index contributed by atoms with van der Waals surface area (Å²) < 4.78 is 0. The van der Waals surface area contributed by atoms with E-state index >= 15 is 0 Å². The molecule has 1 amide bonds. The predicted octanol–water partition coefficient (Wildman–Crippen LogP) is 0.625. The Morgan fingerprint density at radius 3 is 2.62 bits per heavy atom. The van der Waals surface area contributed by atoms with Crippen LogP contribution < -0.4 is 11.5 Å². The minimum absolute atomic E-state index is 0.107. The number of primary amides is 1. The third kappa shape index (κ3) is 4.01. The van der Waals surface area contributed by atoms with Gasteiger partial charge < -0.3 is 16.4 Å². The Hall–Kier alpha value is -1.96. The van der Waals surface area contributed by atoms with Gasteiger partial charge in [-0.15, -0.1) is 11.3 Å². The van der Waals surface area contributed by atoms with Crippen LogP contribution >= 0.6 is 11.3 Å². The molecule has 1 saturated heterocycles. The SMILES string of the molecule is N=C(N)N1CCC(C[CH]C(=O)c2nc(C(N)=O)cs2)CC1. The zero-order valence-corrected chi connectivity index (χ0v) is 12.4. The molecule has 1 aliphatic rings. The van der Waals surface area contributed by atoms with Crippen LogP contribution in [0.15, 0.2) is 5.38 Å². The molecule has 113 valence electrons. The molecular formula is C13H18N5O2S. The monoisotopic (exact) mass is 308 g/mol. The Morgan fingerprint density at radius 1 is 1.43 bits per heavy atom. The average molecular weight is 308 g/mol. The van der Waals surface area contributed by atoms with Crippen LogP contribution in [0.1, 0.15) is 39.6 Å². The van der Waals surface area contributed by atoms with Gasteiger partial charge in [0.2, 0.25) is 0 Å². The largest absolute Gasteiger partial charge is 0.370 e. The van der Waals surface area contributed by atoms with Gasteiger partial charge in [0.15, 0.2) is 16.8 Å². The minimum atomic E-state index is -0.623. The van der Waals surface area contributed by atoms with Gasteiger partial charge in [-0.05, 0) is 25.2 Å². The number of hydrogen-bond acceptors (Lipinski definition) is 5. The first kappa shape index (κ1) is 15.4. The molecule has 21 heavy (non-hydrogen) atoms. The number of hydrogen-bond donors (Lipinski definition) is 3. The maximum atomic E-state index is 12.0. The summed E-state index contributed by atoms with van der Waals surface area (Å²) in [6.45, 7) is 1.51. The van der Waals surface area contributed by atoms with Gasteiger partial charge in [-0.25, -0.2) is 4.98 Å². The summed E-state index contributed by atoms with van der Waals surface area (Å²) in [5.41, 5.74) is 10.7. The molecule has 0 unspecified atom stereocenters. The highest BCUT2D eigenvalue weighted by Gasteiger charge is 2.22. The van der Waals surface area contributed by atoms with Crippen molar-refractivity contribution in [2.75, 3.05) is 13.1 Å². The van der Waals surface area contributed by atoms with Crippen LogP contribution in [0.2, 0.25) is 0 Å². The first-order chi connectivity index (χ1) is 9.97. The first-order valence-corrected chi connectivity index (χ1v) is 7.57. The number of Topliss-reactive ketones (excluding diaryl/α,β-unsaturated/α-hetero) is 1. The second kappa shape index (κ2) is 6.66. The number of amides is 1. The number of rotatable bonds is 5. The van der Waals surface area contributed by atoms with E-state index in [0.29, 0.717) is 17.3 Å². The molecule has 0 bridgehead atoms. The van der Waals surface area contributed by atoms with E-state index in [-0.39, 0.29) is 17.4 Å². The molecule has 1 radical (unpaired) electrons. The highest BCUT2D eigenvalue weighted by molar-refractivity contribution is 7.12. The first-order valence-electron chi connectivity index (χ1n) is 6.69. The smallest absolute Gasteiger partial charge is 0.268 e. The second-order valence-electron chi connectivity index (χ2n) is 5.02. The predicted molar refractivity (Wildman–Crippen MR) is 80.1 cm³/mol. The maximum absolute atomic E-state index is 12.0. The fourth-order valence-electron chi connectivity index (χ4n) is 2.27. The molecule has 2 heterocycles. The van der Waals surface area contributed by atoms with Crippen LogP contribution in [-0.4, -0.2) is 40.6 Å². The quantitative estimate of drug-likeness (QED) is 0.417. The van der Waals surface area contributed by atoms with Crippen LogP contribution in [-0.2, 0) is 0 Å². The number of piperidine rings is 1. The summed E-state index contributed by atoms with van der Waals surface area (Å²) in [5.74, 6) is -0.265. The normalized spacial score (nSPS) is 15.9. The number of likely N-dealkylation sites (tertiary alicyclic amines) is 1. The standard InChI is InChI=1S/C13H18N5O2S/c14-11(20)9-7-21-12(17-9)10(19)2-1-8-3-5-18(6-4-8)13(15)16/h2,7-8H,1,3-6H2,(H2,14,20)(H3,15,16). The van der Waals surface area contributed by atoms with Gasteiger partial charge >= 0.3 is 0 Å². The molecule has 1 aromatic heterocycles. The number of aromatic nitrogens is 1. The van der Waals surface area contributed by atoms with Gasteiger partial charge in [-0.1, -0.05) is 0 Å². The fourth-order valence-corrected chi connectivity index (χ4v) is 3.01. The zero-order valence-electron chi connectivity index (χ0n) is 11.5. The van der Waals surface area contributed by atoms with Crippen molar-refractivity contribution in [2.24, 2.45) is 17.4 Å². The topological polar surface area (TPSA) is 126 Å². The number of ketones is 1. The molecule has 0 spiro atoms. The Kier molecular flexibility index (Phi) is 4.89. The number of guanidine groups is 1. The van der Waals surface area contributed by atoms with Crippen molar-refractivity contribution in [2.45, 2.75) is 19.3 Å². The van der Waals surface area contributed by atoms with Crippen LogP contribution in [0.25, 0.3) is 0 Å². The Morgan fingerprint density at radius 2 is 2.10 bits per heavy atom. The molecule has 1 aliphatic heterocycles. The molecule has 0 saturated carbocycles. The number of nitrogens with zero attached hydrogens (tertiary/aromatic N) is 2. The van der Waals surface area contributed by atoms with Crippen LogP contribution in [0, 0.1) is 17.7 Å². The van der Waals surface area contributed by atoms with Crippen molar-refractivity contribution >= 4 is 29.0 Å². The van der Waals surface area contributed by atoms with E-state index in [9.17, 15) is 9.59 Å². The summed E-state index contributed by atoms with van der Waals surface area (Å²) >= 11 is 1.13. The molecule has 2 rings (SSSR count). The van der Waals surface area contributed by atoms with Crippen LogP contribution in [0.4, 0.5) is 0 Å². The van der Waals surface area contributed by atoms with Crippen molar-refractivity contribution in [3.8, 4) is 0 Å². The summed E-state index contributed by atoms with van der Waals surface area (Å²) in [6, 6.07) is 0. The summed E-state index contributed by atoms with van der Waals surface area (Å²) in [6.07, 6.45) is 4.12. The van der Waals surface area contributed by atoms with E-state index in [2.05, 4.69) is 4.98 Å². The Balaban J connectivity index is 1.79. The van der Waals surface area contributed by atoms with Gasteiger partial charge in [0, 0.05) is 24.9 Å². The van der Waals surface area contributed by atoms with E-state index in [1.807, 2.05) is 4.90 Å². The number of carbonyl (C=O) groups is 2. The molecule has 0 aromatic carbocycles. The van der Waals surface area contributed by atoms with E-state index in [0.717, 1.165) is 37.3 Å². The molecular weight excluding hydrogens is 290 g/mol. The van der Waals surface area contributed by atoms with E-state index in [1.165, 1.54) is 5.38 Å². The summed E-state index contributed by atoms with van der Waals surface area (Å²) in [4.78, 5) is 28.7. The zero-order chi connectivity index (χ0) is 15.4. The van der Waals surface area contributed by atoms with Crippen LogP contribution in [0.5, 0.6) is 0 Å². The lowest BCUT2D eigenvalue weighted by atomic mass is 9.91. The van der Waals surface area contributed by atoms with Gasteiger partial charge in [0.1, 0.15) is 5.69 Å². The Labute approximate surface area is 126 Å². The van der Waals surface area contributed by atoms with E-state index < -0.39 is 5.91 Å². The van der Waals surface area contributed by atoms with E-state index in [4.69, 9.17) is 16.9 Å². The lowest BCUT2D eigenvalue weighted by Gasteiger charge is -2.31. The maximum Gasteiger partial charge on any atom is 0.268 e. The molecule has 8 heteroatoms. The molecule has 1 aromatic rings. The highest BCUT2D eigenvalue weighted by atomic mass is 32.1. The van der Waals surface area contributed by atoms with Gasteiger partial charge in [-0.2, -0.15) is 0 Å². The molecule has 0 atom stereocenters. The molecule has 1 fully saturated rings. The lowest BCUT2D eigenvalue weighted by Crippen LogP contribution is -2.42. The van der Waals surface area contributed by atoms with Gasteiger partial charge in [0.05, 0.1) is 0 Å². The number of carbonyl (C=O) groups excluding carboxylic acids is 2. The third-order valence-corrected chi connectivity index (χ3v) is 4.42. The molecule has 0 aliphatic carbocycles. The van der Waals surface area contributed by atoms with Crippen molar-refractivity contribution in [3.63, 3.8) is 0 Å². The molecule has 7 nitrogen and oxygen atoms in total. The second-order valence-corrected chi connectivity index (χ2v) is 5.88. The van der Waals surface area contributed by atoms with Crippen LogP contribution in [0.3, 0.4) is 0 Å². The Bertz CT molecular complexity index is 549. The summed E-state index contributed by atoms with van der Waals surface area (Å²) in [7, 11) is 0. The van der Waals surface area contributed by atoms with E-state index in [1.54, 1.807) is 6.42 Å².